The highest BCUT2D eigenvalue weighted by molar-refractivity contribution is 5.68. The van der Waals surface area contributed by atoms with Crippen molar-refractivity contribution in [3.63, 3.8) is 0 Å². The van der Waals surface area contributed by atoms with Crippen molar-refractivity contribution >= 4 is 12.0 Å². The zero-order chi connectivity index (χ0) is 21.3. The highest BCUT2D eigenvalue weighted by atomic mass is 19.2. The van der Waals surface area contributed by atoms with Crippen molar-refractivity contribution < 1.29 is 27.8 Å². The van der Waals surface area contributed by atoms with Gasteiger partial charge in [-0.25, -0.2) is 27.9 Å². The molecule has 1 aliphatic rings. The molecular formula is C19H21F3N4O3. The normalized spacial score (nSPS) is 19.3. The third-order valence-corrected chi connectivity index (χ3v) is 4.37. The second kappa shape index (κ2) is 7.76. The van der Waals surface area contributed by atoms with Crippen LogP contribution in [0.2, 0.25) is 0 Å². The summed E-state index contributed by atoms with van der Waals surface area (Å²) in [5.41, 5.74) is -0.822. The highest BCUT2D eigenvalue weighted by Crippen LogP contribution is 2.32. The number of amides is 1. The van der Waals surface area contributed by atoms with Gasteiger partial charge >= 0.3 is 6.09 Å². The molecule has 1 aromatic carbocycles. The average molecular weight is 410 g/mol. The first kappa shape index (κ1) is 20.7. The van der Waals surface area contributed by atoms with Gasteiger partial charge in [-0.1, -0.05) is 0 Å². The zero-order valence-corrected chi connectivity index (χ0v) is 16.1. The molecule has 1 aromatic heterocycles. The molecule has 1 fully saturated rings. The van der Waals surface area contributed by atoms with Gasteiger partial charge in [-0.2, -0.15) is 0 Å². The lowest BCUT2D eigenvalue weighted by atomic mass is 9.93. The van der Waals surface area contributed by atoms with Crippen LogP contribution >= 0.6 is 0 Å². The minimum Gasteiger partial charge on any atom is -0.505 e. The van der Waals surface area contributed by atoms with Crippen LogP contribution in [0.15, 0.2) is 24.5 Å². The quantitative estimate of drug-likeness (QED) is 0.757. The third kappa shape index (κ3) is 4.87. The lowest BCUT2D eigenvalue weighted by Gasteiger charge is -2.24. The van der Waals surface area contributed by atoms with E-state index in [4.69, 9.17) is 4.74 Å². The number of hydrogen-bond acceptors (Lipinski definition) is 6. The topological polar surface area (TPSA) is 87.6 Å². The molecule has 0 radical (unpaired) electrons. The van der Waals surface area contributed by atoms with Crippen LogP contribution in [0.4, 0.5) is 23.9 Å². The Labute approximate surface area is 165 Å². The summed E-state index contributed by atoms with van der Waals surface area (Å²) in [4.78, 5) is 21.9. The number of aromatic nitrogens is 2. The first-order valence-corrected chi connectivity index (χ1v) is 8.93. The van der Waals surface area contributed by atoms with Gasteiger partial charge in [-0.3, -0.25) is 0 Å². The Morgan fingerprint density at radius 1 is 1.14 bits per heavy atom. The van der Waals surface area contributed by atoms with Gasteiger partial charge in [-0.05, 0) is 32.4 Å². The number of carbonyl (C=O) groups is 1. The number of alkyl carbamates (subject to hydrolysis) is 1. The molecule has 0 bridgehead atoms. The van der Waals surface area contributed by atoms with Crippen molar-refractivity contribution in [3.8, 4) is 5.75 Å². The van der Waals surface area contributed by atoms with Crippen molar-refractivity contribution in [1.29, 1.82) is 0 Å². The molecule has 2 heterocycles. The fourth-order valence-corrected chi connectivity index (χ4v) is 3.19. The second-order valence-corrected chi connectivity index (χ2v) is 7.79. The summed E-state index contributed by atoms with van der Waals surface area (Å²) in [6, 6.07) is 0.594. The smallest absolute Gasteiger partial charge is 0.407 e. The Bertz CT molecular complexity index is 903. The van der Waals surface area contributed by atoms with Gasteiger partial charge in [0.1, 0.15) is 11.4 Å². The van der Waals surface area contributed by atoms with Crippen molar-refractivity contribution in [2.24, 2.45) is 0 Å². The third-order valence-electron chi connectivity index (χ3n) is 4.37. The van der Waals surface area contributed by atoms with E-state index in [0.717, 1.165) is 6.07 Å². The summed E-state index contributed by atoms with van der Waals surface area (Å²) >= 11 is 0. The fraction of sp³-hybridized carbons (Fsp3) is 0.421. The van der Waals surface area contributed by atoms with Crippen LogP contribution < -0.4 is 10.2 Å². The molecule has 0 unspecified atom stereocenters. The molecule has 2 N–H and O–H groups in total. The molecule has 2 aromatic rings. The maximum atomic E-state index is 14.4. The van der Waals surface area contributed by atoms with Gasteiger partial charge in [0.25, 0.3) is 0 Å². The predicted octanol–water partition coefficient (Wildman–Crippen LogP) is 3.10. The fourth-order valence-electron chi connectivity index (χ4n) is 3.19. The van der Waals surface area contributed by atoms with Gasteiger partial charge < -0.3 is 20.1 Å². The second-order valence-electron chi connectivity index (χ2n) is 7.79. The molecule has 1 saturated heterocycles. The van der Waals surface area contributed by atoms with Crippen LogP contribution in [0.25, 0.3) is 0 Å². The first-order valence-electron chi connectivity index (χ1n) is 8.93. The van der Waals surface area contributed by atoms with E-state index in [1.54, 1.807) is 25.7 Å². The number of hydrogen-bond donors (Lipinski definition) is 2. The van der Waals surface area contributed by atoms with E-state index >= 15 is 0 Å². The van der Waals surface area contributed by atoms with E-state index < -0.39 is 41.1 Å². The molecule has 0 aliphatic carbocycles. The Hall–Kier alpha value is -3.04. The minimum absolute atomic E-state index is 0.0776. The summed E-state index contributed by atoms with van der Waals surface area (Å²) in [7, 11) is 0. The lowest BCUT2D eigenvalue weighted by Crippen LogP contribution is -2.43. The van der Waals surface area contributed by atoms with E-state index in [1.165, 1.54) is 12.4 Å². The summed E-state index contributed by atoms with van der Waals surface area (Å²) in [5.74, 6) is -3.99. The van der Waals surface area contributed by atoms with Gasteiger partial charge in [0.15, 0.2) is 17.4 Å². The maximum Gasteiger partial charge on any atom is 0.407 e. The van der Waals surface area contributed by atoms with E-state index in [2.05, 4.69) is 15.3 Å². The zero-order valence-electron chi connectivity index (χ0n) is 16.1. The van der Waals surface area contributed by atoms with Crippen LogP contribution in [-0.4, -0.2) is 45.9 Å². The van der Waals surface area contributed by atoms with E-state index in [0.29, 0.717) is 6.07 Å². The molecular weight excluding hydrogens is 389 g/mol. The number of benzene rings is 1. The minimum atomic E-state index is -1.29. The van der Waals surface area contributed by atoms with Crippen molar-refractivity contribution in [2.45, 2.75) is 38.3 Å². The van der Waals surface area contributed by atoms with E-state index in [9.17, 15) is 23.1 Å². The van der Waals surface area contributed by atoms with E-state index in [-0.39, 0.29) is 30.4 Å². The van der Waals surface area contributed by atoms with Crippen molar-refractivity contribution in [1.82, 2.24) is 15.3 Å². The first-order chi connectivity index (χ1) is 13.5. The van der Waals surface area contributed by atoms with Crippen LogP contribution in [-0.2, 0) is 4.74 Å². The van der Waals surface area contributed by atoms with Crippen LogP contribution in [0, 0.1) is 17.5 Å². The van der Waals surface area contributed by atoms with Gasteiger partial charge in [0, 0.05) is 25.1 Å². The number of halogens is 3. The maximum absolute atomic E-state index is 14.4. The molecule has 2 atom stereocenters. The predicted molar refractivity (Wildman–Crippen MR) is 98.1 cm³/mol. The molecule has 1 aliphatic heterocycles. The van der Waals surface area contributed by atoms with Crippen molar-refractivity contribution in [3.05, 3.63) is 47.5 Å². The molecule has 10 heteroatoms. The van der Waals surface area contributed by atoms with Crippen LogP contribution in [0.5, 0.6) is 5.75 Å². The molecule has 156 valence electrons. The summed E-state index contributed by atoms with van der Waals surface area (Å²) in [6.07, 6.45) is 1.68. The molecule has 0 saturated carbocycles. The Morgan fingerprint density at radius 3 is 2.38 bits per heavy atom. The van der Waals surface area contributed by atoms with E-state index in [1.807, 2.05) is 0 Å². The van der Waals surface area contributed by atoms with Crippen LogP contribution in [0.3, 0.4) is 0 Å². The van der Waals surface area contributed by atoms with Gasteiger partial charge in [0.2, 0.25) is 5.95 Å². The number of nitrogens with one attached hydrogen (secondary N) is 1. The number of ether oxygens (including phenoxy) is 1. The number of aromatic hydroxyl groups is 1. The largest absolute Gasteiger partial charge is 0.505 e. The van der Waals surface area contributed by atoms with Gasteiger partial charge in [-0.15, -0.1) is 0 Å². The number of rotatable bonds is 3. The Kier molecular flexibility index (Phi) is 5.54. The Balaban J connectivity index is 1.90. The Morgan fingerprint density at radius 2 is 1.76 bits per heavy atom. The number of carbonyl (C=O) groups excluding carboxylic acids is 1. The molecule has 1 amide bonds. The molecule has 29 heavy (non-hydrogen) atoms. The molecule has 0 spiro atoms. The van der Waals surface area contributed by atoms with Crippen molar-refractivity contribution in [2.75, 3.05) is 18.0 Å². The summed E-state index contributed by atoms with van der Waals surface area (Å²) < 4.78 is 46.8. The summed E-state index contributed by atoms with van der Waals surface area (Å²) in [5, 5.41) is 12.0. The van der Waals surface area contributed by atoms with Crippen LogP contribution in [0.1, 0.15) is 32.3 Å². The summed E-state index contributed by atoms with van der Waals surface area (Å²) in [6.45, 7) is 5.40. The van der Waals surface area contributed by atoms with Gasteiger partial charge in [0.05, 0.1) is 18.4 Å². The SMILES string of the molecule is CC(C)(C)OC(=O)N[C@H]1CN(c2ncc(O)cn2)C[C@@H]1c1cc(F)c(F)cc1F. The number of nitrogens with zero attached hydrogens (tertiary/aromatic N) is 3. The molecule has 3 rings (SSSR count). The molecule has 7 nitrogen and oxygen atoms in total. The standard InChI is InChI=1S/C19H21F3N4O3/c1-19(2,3)29-18(28)25-16-9-26(17-23-6-10(27)7-24-17)8-12(16)11-4-14(21)15(22)5-13(11)20/h4-7,12,16,27H,8-9H2,1-3H3,(H,25,28)/t12-,16+/m1/s1. The average Bonchev–Trinajstić information content (AvgIpc) is 3.00. The highest BCUT2D eigenvalue weighted by Gasteiger charge is 2.38. The lowest BCUT2D eigenvalue weighted by molar-refractivity contribution is 0.0504. The number of anilines is 1. The monoisotopic (exact) mass is 410 g/mol.